The molecular weight excluding hydrogens is 301 g/mol. The SMILES string of the molecule is CC(F)(Oc1ccc(S(C)(=O)=O)cc1C(=O)O)C(F)F. The van der Waals surface area contributed by atoms with Gasteiger partial charge in [0.05, 0.1) is 4.90 Å². The number of carbonyl (C=O) groups is 1. The van der Waals surface area contributed by atoms with Gasteiger partial charge in [0.15, 0.2) is 9.84 Å². The third-order valence-corrected chi connectivity index (χ3v) is 3.42. The number of carboxylic acids is 1. The van der Waals surface area contributed by atoms with E-state index in [1.165, 1.54) is 0 Å². The summed E-state index contributed by atoms with van der Waals surface area (Å²) in [6.07, 6.45) is -2.66. The van der Waals surface area contributed by atoms with Gasteiger partial charge in [-0.2, -0.15) is 4.39 Å². The maximum atomic E-state index is 13.4. The van der Waals surface area contributed by atoms with E-state index in [4.69, 9.17) is 5.11 Å². The van der Waals surface area contributed by atoms with Crippen molar-refractivity contribution in [2.24, 2.45) is 0 Å². The van der Waals surface area contributed by atoms with Crippen LogP contribution in [-0.2, 0) is 9.84 Å². The molecular formula is C11H11F3O5S. The molecule has 1 N–H and O–H groups in total. The van der Waals surface area contributed by atoms with Gasteiger partial charge < -0.3 is 9.84 Å². The predicted molar refractivity (Wildman–Crippen MR) is 62.7 cm³/mol. The van der Waals surface area contributed by atoms with Crippen LogP contribution in [0.3, 0.4) is 0 Å². The number of ether oxygens (including phenoxy) is 1. The van der Waals surface area contributed by atoms with Crippen LogP contribution in [0.2, 0.25) is 0 Å². The number of rotatable bonds is 5. The fourth-order valence-corrected chi connectivity index (χ4v) is 1.90. The summed E-state index contributed by atoms with van der Waals surface area (Å²) in [5.74, 6) is -5.71. The lowest BCUT2D eigenvalue weighted by atomic mass is 10.2. The van der Waals surface area contributed by atoms with Crippen molar-refractivity contribution in [3.63, 3.8) is 0 Å². The topological polar surface area (TPSA) is 80.7 Å². The van der Waals surface area contributed by atoms with Crippen LogP contribution in [-0.4, -0.2) is 38.0 Å². The number of carboxylic acid groups (broad SMARTS) is 1. The van der Waals surface area contributed by atoms with Gasteiger partial charge >= 0.3 is 18.2 Å². The minimum Gasteiger partial charge on any atom is -0.478 e. The average Bonchev–Trinajstić information content (AvgIpc) is 2.26. The lowest BCUT2D eigenvalue weighted by molar-refractivity contribution is -0.153. The standard InChI is InChI=1S/C11H11F3O5S/c1-11(14,10(12)13)19-8-4-3-6(20(2,17)18)5-7(8)9(15)16/h3-5,10H,1-2H3,(H,15,16). The van der Waals surface area contributed by atoms with Crippen molar-refractivity contribution < 1.29 is 36.2 Å². The van der Waals surface area contributed by atoms with E-state index in [9.17, 15) is 26.4 Å². The Kier molecular flexibility index (Phi) is 4.33. The van der Waals surface area contributed by atoms with E-state index in [2.05, 4.69) is 4.74 Å². The Morgan fingerprint density at radius 2 is 1.95 bits per heavy atom. The van der Waals surface area contributed by atoms with Crippen LogP contribution < -0.4 is 4.74 Å². The molecule has 0 radical (unpaired) electrons. The fourth-order valence-electron chi connectivity index (χ4n) is 1.26. The Labute approximate surface area is 112 Å². The minimum atomic E-state index is -3.70. The summed E-state index contributed by atoms with van der Waals surface area (Å²) in [5.41, 5.74) is -0.725. The first-order valence-corrected chi connectivity index (χ1v) is 7.08. The molecule has 20 heavy (non-hydrogen) atoms. The van der Waals surface area contributed by atoms with E-state index < -0.39 is 39.4 Å². The van der Waals surface area contributed by atoms with Crippen LogP contribution in [0.15, 0.2) is 23.1 Å². The van der Waals surface area contributed by atoms with Crippen molar-refractivity contribution in [3.8, 4) is 5.75 Å². The molecule has 0 aliphatic rings. The van der Waals surface area contributed by atoms with Gasteiger partial charge in [0, 0.05) is 13.2 Å². The quantitative estimate of drug-likeness (QED) is 0.900. The van der Waals surface area contributed by atoms with Crippen LogP contribution in [0, 0.1) is 0 Å². The molecule has 0 aliphatic heterocycles. The second kappa shape index (κ2) is 5.31. The van der Waals surface area contributed by atoms with Gasteiger partial charge in [0.25, 0.3) is 0 Å². The van der Waals surface area contributed by atoms with Crippen LogP contribution >= 0.6 is 0 Å². The highest BCUT2D eigenvalue weighted by molar-refractivity contribution is 7.90. The first-order chi connectivity index (χ1) is 8.95. The van der Waals surface area contributed by atoms with E-state index in [-0.39, 0.29) is 4.90 Å². The first-order valence-electron chi connectivity index (χ1n) is 5.18. The number of hydrogen-bond donors (Lipinski definition) is 1. The fraction of sp³-hybridized carbons (Fsp3) is 0.364. The Bertz CT molecular complexity index is 625. The van der Waals surface area contributed by atoms with Gasteiger partial charge in [-0.25, -0.2) is 22.0 Å². The summed E-state index contributed by atoms with van der Waals surface area (Å²) < 4.78 is 65.0. The monoisotopic (exact) mass is 312 g/mol. The molecule has 0 aliphatic carbocycles. The van der Waals surface area contributed by atoms with Gasteiger partial charge in [0.1, 0.15) is 11.3 Å². The molecule has 1 aromatic rings. The highest BCUT2D eigenvalue weighted by atomic mass is 32.2. The summed E-state index contributed by atoms with van der Waals surface area (Å²) in [6.45, 7) is 0.438. The minimum absolute atomic E-state index is 0.347. The number of sulfone groups is 1. The molecule has 1 rings (SSSR count). The third-order valence-electron chi connectivity index (χ3n) is 2.31. The van der Waals surface area contributed by atoms with Crippen molar-refractivity contribution in [2.45, 2.75) is 24.1 Å². The largest absolute Gasteiger partial charge is 0.478 e. The highest BCUT2D eigenvalue weighted by Gasteiger charge is 2.38. The second-order valence-corrected chi connectivity index (χ2v) is 6.14. The van der Waals surface area contributed by atoms with E-state index in [0.717, 1.165) is 18.4 Å². The Hall–Kier alpha value is -1.77. The molecule has 1 atom stereocenters. The van der Waals surface area contributed by atoms with Crippen LogP contribution in [0.25, 0.3) is 0 Å². The summed E-state index contributed by atoms with van der Waals surface area (Å²) >= 11 is 0. The lowest BCUT2D eigenvalue weighted by Crippen LogP contribution is -2.35. The van der Waals surface area contributed by atoms with E-state index in [0.29, 0.717) is 13.0 Å². The molecule has 0 heterocycles. The summed E-state index contributed by atoms with van der Waals surface area (Å²) in [5, 5.41) is 8.91. The first kappa shape index (κ1) is 16.3. The zero-order valence-electron chi connectivity index (χ0n) is 10.4. The number of alkyl halides is 3. The summed E-state index contributed by atoms with van der Waals surface area (Å²) in [7, 11) is -3.70. The molecule has 5 nitrogen and oxygen atoms in total. The molecule has 112 valence electrons. The molecule has 0 bridgehead atoms. The Morgan fingerprint density at radius 1 is 1.40 bits per heavy atom. The van der Waals surface area contributed by atoms with Crippen molar-refractivity contribution in [2.75, 3.05) is 6.26 Å². The van der Waals surface area contributed by atoms with Crippen LogP contribution in [0.4, 0.5) is 13.2 Å². The highest BCUT2D eigenvalue weighted by Crippen LogP contribution is 2.30. The maximum Gasteiger partial charge on any atom is 0.339 e. The van der Waals surface area contributed by atoms with Gasteiger partial charge in [-0.15, -0.1) is 0 Å². The molecule has 9 heteroatoms. The third kappa shape index (κ3) is 3.62. The van der Waals surface area contributed by atoms with Gasteiger partial charge in [-0.1, -0.05) is 0 Å². The van der Waals surface area contributed by atoms with E-state index in [1.54, 1.807) is 0 Å². The molecule has 0 saturated heterocycles. The number of benzene rings is 1. The summed E-state index contributed by atoms with van der Waals surface area (Å²) in [4.78, 5) is 10.6. The molecule has 0 saturated carbocycles. The molecule has 1 aromatic carbocycles. The van der Waals surface area contributed by atoms with Crippen molar-refractivity contribution in [1.29, 1.82) is 0 Å². The lowest BCUT2D eigenvalue weighted by Gasteiger charge is -2.22. The molecule has 1 unspecified atom stereocenters. The zero-order valence-corrected chi connectivity index (χ0v) is 11.2. The number of halogens is 3. The molecule has 0 aromatic heterocycles. The second-order valence-electron chi connectivity index (χ2n) is 4.12. The Balaban J connectivity index is 3.32. The predicted octanol–water partition coefficient (Wildman–Crippen LogP) is 2.12. The van der Waals surface area contributed by atoms with Crippen molar-refractivity contribution >= 4 is 15.8 Å². The number of hydrogen-bond acceptors (Lipinski definition) is 4. The molecule has 0 fully saturated rings. The maximum absolute atomic E-state index is 13.4. The van der Waals surface area contributed by atoms with Crippen molar-refractivity contribution in [3.05, 3.63) is 23.8 Å². The van der Waals surface area contributed by atoms with E-state index >= 15 is 0 Å². The zero-order chi connectivity index (χ0) is 15.7. The molecule has 0 spiro atoms. The van der Waals surface area contributed by atoms with Crippen molar-refractivity contribution in [1.82, 2.24) is 0 Å². The molecule has 0 amide bonds. The average molecular weight is 312 g/mol. The normalized spacial score (nSPS) is 14.9. The van der Waals surface area contributed by atoms with Crippen LogP contribution in [0.1, 0.15) is 17.3 Å². The van der Waals surface area contributed by atoms with Crippen LogP contribution in [0.5, 0.6) is 5.75 Å². The Morgan fingerprint density at radius 3 is 2.35 bits per heavy atom. The van der Waals surface area contributed by atoms with E-state index in [1.807, 2.05) is 0 Å². The number of aromatic carboxylic acids is 1. The summed E-state index contributed by atoms with van der Waals surface area (Å²) in [6, 6.07) is 2.48. The smallest absolute Gasteiger partial charge is 0.339 e. The van der Waals surface area contributed by atoms with Gasteiger partial charge in [-0.05, 0) is 18.2 Å². The van der Waals surface area contributed by atoms with Gasteiger partial charge in [0.2, 0.25) is 0 Å². The van der Waals surface area contributed by atoms with Gasteiger partial charge in [-0.3, -0.25) is 0 Å².